The maximum atomic E-state index is 9.74. The fourth-order valence-electron chi connectivity index (χ4n) is 3.30. The predicted octanol–water partition coefficient (Wildman–Crippen LogP) is 1.36. The van der Waals surface area contributed by atoms with Gasteiger partial charge in [-0.2, -0.15) is 4.98 Å². The molecule has 2 atom stereocenters. The van der Waals surface area contributed by atoms with Crippen molar-refractivity contribution in [3.05, 3.63) is 30.3 Å². The maximum absolute atomic E-state index is 9.74. The van der Waals surface area contributed by atoms with E-state index in [1.54, 1.807) is 7.11 Å². The molecule has 1 fully saturated rings. The SMILES string of the molecule is COCCN(C)C[C@@H]1CN(c2noc(-c3ccccc3)n2)C[C@@H]1CO. The van der Waals surface area contributed by atoms with Crippen molar-refractivity contribution in [1.29, 1.82) is 0 Å². The molecule has 0 spiro atoms. The summed E-state index contributed by atoms with van der Waals surface area (Å²) in [5.74, 6) is 1.70. The maximum Gasteiger partial charge on any atom is 0.266 e. The first-order chi connectivity index (χ1) is 12.2. The zero-order chi connectivity index (χ0) is 17.6. The standard InChI is InChI=1S/C18H26N4O3/c1-21(8-9-24-2)10-15-11-22(12-16(15)13-23)18-19-17(25-20-18)14-6-4-3-5-7-14/h3-7,15-16,23H,8-13H2,1-2H3/t15-,16-/m1/s1. The van der Waals surface area contributed by atoms with Gasteiger partial charge in [0.1, 0.15) is 0 Å². The Morgan fingerprint density at radius 1 is 1.28 bits per heavy atom. The summed E-state index contributed by atoms with van der Waals surface area (Å²) in [4.78, 5) is 8.87. The minimum atomic E-state index is 0.169. The predicted molar refractivity (Wildman–Crippen MR) is 95.4 cm³/mol. The molecule has 136 valence electrons. The van der Waals surface area contributed by atoms with Crippen molar-refractivity contribution >= 4 is 5.95 Å². The van der Waals surface area contributed by atoms with Crippen molar-refractivity contribution in [2.45, 2.75) is 0 Å². The van der Waals surface area contributed by atoms with Crippen LogP contribution in [0.5, 0.6) is 0 Å². The largest absolute Gasteiger partial charge is 0.396 e. The van der Waals surface area contributed by atoms with Gasteiger partial charge >= 0.3 is 0 Å². The summed E-state index contributed by atoms with van der Waals surface area (Å²) in [5, 5.41) is 13.9. The number of likely N-dealkylation sites (N-methyl/N-ethyl adjacent to an activating group) is 1. The molecule has 25 heavy (non-hydrogen) atoms. The fourth-order valence-corrected chi connectivity index (χ4v) is 3.30. The third kappa shape index (κ3) is 4.36. The second-order valence-corrected chi connectivity index (χ2v) is 6.63. The van der Waals surface area contributed by atoms with Crippen molar-refractivity contribution in [2.75, 3.05) is 58.5 Å². The number of aliphatic hydroxyl groups is 1. The van der Waals surface area contributed by atoms with Crippen LogP contribution in [-0.2, 0) is 4.74 Å². The molecule has 0 bridgehead atoms. The molecular formula is C18H26N4O3. The molecule has 1 aliphatic heterocycles. The minimum Gasteiger partial charge on any atom is -0.396 e. The van der Waals surface area contributed by atoms with Crippen LogP contribution in [0, 0.1) is 11.8 Å². The number of anilines is 1. The first kappa shape index (κ1) is 17.8. The van der Waals surface area contributed by atoms with Crippen molar-refractivity contribution < 1.29 is 14.4 Å². The van der Waals surface area contributed by atoms with Gasteiger partial charge in [-0.3, -0.25) is 0 Å². The highest BCUT2D eigenvalue weighted by molar-refractivity contribution is 5.54. The van der Waals surface area contributed by atoms with E-state index in [0.29, 0.717) is 24.4 Å². The topological polar surface area (TPSA) is 74.9 Å². The highest BCUT2D eigenvalue weighted by Crippen LogP contribution is 2.28. The monoisotopic (exact) mass is 346 g/mol. The van der Waals surface area contributed by atoms with Crippen molar-refractivity contribution in [3.63, 3.8) is 0 Å². The molecule has 7 heteroatoms. The number of aliphatic hydroxyl groups excluding tert-OH is 1. The fraction of sp³-hybridized carbons (Fsp3) is 0.556. The number of rotatable bonds is 8. The number of hydrogen-bond donors (Lipinski definition) is 1. The second kappa shape index (κ2) is 8.42. The van der Waals surface area contributed by atoms with Crippen LogP contribution in [0.3, 0.4) is 0 Å². The van der Waals surface area contributed by atoms with Crippen LogP contribution < -0.4 is 4.90 Å². The highest BCUT2D eigenvalue weighted by Gasteiger charge is 2.35. The van der Waals surface area contributed by atoms with E-state index in [1.807, 2.05) is 30.3 Å². The Balaban J connectivity index is 1.65. The summed E-state index contributed by atoms with van der Waals surface area (Å²) >= 11 is 0. The zero-order valence-corrected chi connectivity index (χ0v) is 14.8. The van der Waals surface area contributed by atoms with E-state index in [4.69, 9.17) is 9.26 Å². The van der Waals surface area contributed by atoms with Crippen LogP contribution >= 0.6 is 0 Å². The number of nitrogens with zero attached hydrogens (tertiary/aromatic N) is 4. The summed E-state index contributed by atoms with van der Waals surface area (Å²) in [7, 11) is 3.79. The van der Waals surface area contributed by atoms with Crippen LogP contribution in [0.15, 0.2) is 34.9 Å². The Bertz CT molecular complexity index is 649. The Hall–Kier alpha value is -1.96. The number of ether oxygens (including phenoxy) is 1. The molecule has 1 aromatic heterocycles. The Kier molecular flexibility index (Phi) is 6.01. The lowest BCUT2D eigenvalue weighted by Crippen LogP contribution is -2.33. The van der Waals surface area contributed by atoms with E-state index in [9.17, 15) is 5.11 Å². The zero-order valence-electron chi connectivity index (χ0n) is 14.8. The van der Waals surface area contributed by atoms with Gasteiger partial charge in [-0.1, -0.05) is 18.2 Å². The minimum absolute atomic E-state index is 0.169. The molecule has 2 heterocycles. The van der Waals surface area contributed by atoms with Crippen molar-refractivity contribution in [1.82, 2.24) is 15.0 Å². The highest BCUT2D eigenvalue weighted by atomic mass is 16.5. The normalized spacial score (nSPS) is 20.6. The first-order valence-electron chi connectivity index (χ1n) is 8.63. The van der Waals surface area contributed by atoms with Gasteiger partial charge in [-0.25, -0.2) is 0 Å². The molecule has 1 saturated heterocycles. The third-order valence-corrected chi connectivity index (χ3v) is 4.75. The molecule has 0 unspecified atom stereocenters. The van der Waals surface area contributed by atoms with E-state index in [2.05, 4.69) is 27.0 Å². The van der Waals surface area contributed by atoms with Crippen LogP contribution in [0.25, 0.3) is 11.5 Å². The smallest absolute Gasteiger partial charge is 0.266 e. The molecule has 3 rings (SSSR count). The third-order valence-electron chi connectivity index (χ3n) is 4.75. The van der Waals surface area contributed by atoms with Gasteiger partial charge in [0.15, 0.2) is 0 Å². The van der Waals surface area contributed by atoms with Gasteiger partial charge in [0, 0.05) is 51.4 Å². The number of methoxy groups -OCH3 is 1. The number of aromatic nitrogens is 2. The van der Waals surface area contributed by atoms with Gasteiger partial charge in [0.2, 0.25) is 0 Å². The molecule has 0 aliphatic carbocycles. The van der Waals surface area contributed by atoms with E-state index < -0.39 is 0 Å². The van der Waals surface area contributed by atoms with Gasteiger partial charge < -0.3 is 24.2 Å². The molecular weight excluding hydrogens is 320 g/mol. The van der Waals surface area contributed by atoms with Crippen LogP contribution in [0.1, 0.15) is 0 Å². The molecule has 0 amide bonds. The molecule has 1 N–H and O–H groups in total. The molecule has 2 aromatic rings. The van der Waals surface area contributed by atoms with E-state index in [-0.39, 0.29) is 12.5 Å². The summed E-state index contributed by atoms with van der Waals surface area (Å²) in [6.07, 6.45) is 0. The van der Waals surface area contributed by atoms with Crippen LogP contribution in [0.4, 0.5) is 5.95 Å². The van der Waals surface area contributed by atoms with Gasteiger partial charge in [-0.15, -0.1) is 0 Å². The molecule has 1 aromatic carbocycles. The average molecular weight is 346 g/mol. The van der Waals surface area contributed by atoms with Crippen molar-refractivity contribution in [3.8, 4) is 11.5 Å². The molecule has 1 aliphatic rings. The molecule has 0 saturated carbocycles. The first-order valence-corrected chi connectivity index (χ1v) is 8.63. The van der Waals surface area contributed by atoms with E-state index >= 15 is 0 Å². The van der Waals surface area contributed by atoms with E-state index in [0.717, 1.165) is 31.7 Å². The lowest BCUT2D eigenvalue weighted by atomic mass is 9.96. The lowest BCUT2D eigenvalue weighted by molar-refractivity contribution is 0.136. The second-order valence-electron chi connectivity index (χ2n) is 6.63. The summed E-state index contributed by atoms with van der Waals surface area (Å²) in [6, 6.07) is 9.75. The van der Waals surface area contributed by atoms with Gasteiger partial charge in [0.05, 0.1) is 6.61 Å². The van der Waals surface area contributed by atoms with Crippen molar-refractivity contribution in [2.24, 2.45) is 11.8 Å². The van der Waals surface area contributed by atoms with E-state index in [1.165, 1.54) is 0 Å². The average Bonchev–Trinajstić information content (AvgIpc) is 3.27. The summed E-state index contributed by atoms with van der Waals surface area (Å²) in [6.45, 7) is 4.23. The number of benzene rings is 1. The quantitative estimate of drug-likeness (QED) is 0.773. The Morgan fingerprint density at radius 3 is 2.76 bits per heavy atom. The molecule has 7 nitrogen and oxygen atoms in total. The van der Waals surface area contributed by atoms with Crippen LogP contribution in [0.2, 0.25) is 0 Å². The summed E-state index contributed by atoms with van der Waals surface area (Å²) in [5.41, 5.74) is 0.912. The lowest BCUT2D eigenvalue weighted by Gasteiger charge is -2.23. The molecule has 0 radical (unpaired) electrons. The summed E-state index contributed by atoms with van der Waals surface area (Å²) < 4.78 is 10.5. The Morgan fingerprint density at radius 2 is 2.04 bits per heavy atom. The van der Waals surface area contributed by atoms with Crippen LogP contribution in [-0.4, -0.2) is 73.7 Å². The number of hydrogen-bond acceptors (Lipinski definition) is 7. The van der Waals surface area contributed by atoms with Gasteiger partial charge in [0.25, 0.3) is 11.8 Å². The Labute approximate surface area is 148 Å². The van der Waals surface area contributed by atoms with Gasteiger partial charge in [-0.05, 0) is 30.3 Å².